The van der Waals surface area contributed by atoms with Crippen molar-refractivity contribution in [2.24, 2.45) is 7.05 Å². The van der Waals surface area contributed by atoms with E-state index >= 15 is 0 Å². The molecule has 0 radical (unpaired) electrons. The summed E-state index contributed by atoms with van der Waals surface area (Å²) < 4.78 is 7.26. The van der Waals surface area contributed by atoms with Crippen LogP contribution in [0.1, 0.15) is 6.92 Å². The lowest BCUT2D eigenvalue weighted by Crippen LogP contribution is -2.46. The van der Waals surface area contributed by atoms with Gasteiger partial charge in [0.05, 0.1) is 24.8 Å². The molecule has 1 aliphatic heterocycles. The molecule has 1 fully saturated rings. The predicted molar refractivity (Wildman–Crippen MR) is 105 cm³/mol. The Morgan fingerprint density at radius 3 is 2.78 bits per heavy atom. The fourth-order valence-electron chi connectivity index (χ4n) is 3.54. The highest BCUT2D eigenvalue weighted by Gasteiger charge is 2.21. The monoisotopic (exact) mass is 367 g/mol. The third-order valence-electron chi connectivity index (χ3n) is 5.06. The number of aromatic nitrogens is 5. The highest BCUT2D eigenvalue weighted by molar-refractivity contribution is 5.88. The Labute approximate surface area is 158 Å². The van der Waals surface area contributed by atoms with Gasteiger partial charge in [0.25, 0.3) is 0 Å². The van der Waals surface area contributed by atoms with Crippen molar-refractivity contribution in [3.63, 3.8) is 0 Å². The number of fused-ring (bicyclic) bond motifs is 1. The van der Waals surface area contributed by atoms with Crippen molar-refractivity contribution in [2.45, 2.75) is 13.0 Å². The number of aryl methyl sites for hydroxylation is 1. The van der Waals surface area contributed by atoms with Gasteiger partial charge < -0.3 is 9.64 Å². The summed E-state index contributed by atoms with van der Waals surface area (Å²) in [5.41, 5.74) is 1.72. The quantitative estimate of drug-likeness (QED) is 0.678. The average Bonchev–Trinajstić information content (AvgIpc) is 3.09. The Kier molecular flexibility index (Phi) is 5.00. The van der Waals surface area contributed by atoms with Crippen LogP contribution in [0.25, 0.3) is 22.4 Å². The zero-order chi connectivity index (χ0) is 18.8. The number of hydrogen-bond donors (Lipinski definition) is 0. The van der Waals surface area contributed by atoms with Crippen LogP contribution in [0.4, 0.5) is 5.82 Å². The highest BCUT2D eigenvalue weighted by atomic mass is 16.5. The molecule has 27 heavy (non-hydrogen) atoms. The van der Waals surface area contributed by atoms with Crippen LogP contribution < -0.4 is 4.90 Å². The molecule has 8 nitrogen and oxygen atoms in total. The molecule has 0 spiro atoms. The number of ether oxygens (including phenoxy) is 1. The summed E-state index contributed by atoms with van der Waals surface area (Å²) in [7, 11) is 3.99. The minimum atomic E-state index is 0.405. The molecule has 142 valence electrons. The molecule has 0 unspecified atom stereocenters. The summed E-state index contributed by atoms with van der Waals surface area (Å²) >= 11 is 0. The SMILES string of the molecule is C[C@H](CN(C)c1nc(-c2cccnc2)nc2c1cnn2C)N1CCOCC1. The first-order chi connectivity index (χ1) is 13.1. The number of likely N-dealkylation sites (N-methyl/N-ethyl adjacent to an activating group) is 1. The fourth-order valence-corrected chi connectivity index (χ4v) is 3.54. The van der Waals surface area contributed by atoms with Gasteiger partial charge in [0.15, 0.2) is 11.5 Å². The summed E-state index contributed by atoms with van der Waals surface area (Å²) in [6.07, 6.45) is 5.38. The molecule has 0 saturated carbocycles. The van der Waals surface area contributed by atoms with Crippen molar-refractivity contribution >= 4 is 16.9 Å². The molecule has 0 aromatic carbocycles. The van der Waals surface area contributed by atoms with E-state index in [1.807, 2.05) is 25.4 Å². The Balaban J connectivity index is 1.67. The van der Waals surface area contributed by atoms with Gasteiger partial charge in [-0.1, -0.05) is 0 Å². The van der Waals surface area contributed by atoms with Gasteiger partial charge in [0.1, 0.15) is 5.82 Å². The topological polar surface area (TPSA) is 72.2 Å². The number of rotatable bonds is 5. The van der Waals surface area contributed by atoms with Gasteiger partial charge >= 0.3 is 0 Å². The van der Waals surface area contributed by atoms with E-state index in [1.54, 1.807) is 17.1 Å². The van der Waals surface area contributed by atoms with Crippen LogP contribution in [0.2, 0.25) is 0 Å². The van der Waals surface area contributed by atoms with Gasteiger partial charge in [0, 0.05) is 57.7 Å². The van der Waals surface area contributed by atoms with E-state index in [0.717, 1.165) is 55.3 Å². The molecule has 0 aliphatic carbocycles. The molecule has 3 aromatic rings. The van der Waals surface area contributed by atoms with E-state index in [9.17, 15) is 0 Å². The summed E-state index contributed by atoms with van der Waals surface area (Å²) in [5, 5.41) is 5.35. The summed E-state index contributed by atoms with van der Waals surface area (Å²) in [6.45, 7) is 6.68. The Bertz CT molecular complexity index is 905. The van der Waals surface area contributed by atoms with Crippen molar-refractivity contribution in [1.29, 1.82) is 0 Å². The first-order valence-corrected chi connectivity index (χ1v) is 9.26. The summed E-state index contributed by atoms with van der Waals surface area (Å²) in [6, 6.07) is 4.28. The lowest BCUT2D eigenvalue weighted by molar-refractivity contribution is 0.0218. The molecule has 1 atom stereocenters. The van der Waals surface area contributed by atoms with E-state index in [1.165, 1.54) is 0 Å². The van der Waals surface area contributed by atoms with Crippen LogP contribution in [0.15, 0.2) is 30.7 Å². The lowest BCUT2D eigenvalue weighted by atomic mass is 10.2. The fraction of sp³-hybridized carbons (Fsp3) is 0.474. The van der Waals surface area contributed by atoms with Crippen LogP contribution in [-0.4, -0.2) is 75.6 Å². The minimum Gasteiger partial charge on any atom is -0.379 e. The molecule has 1 saturated heterocycles. The highest BCUT2D eigenvalue weighted by Crippen LogP contribution is 2.26. The van der Waals surface area contributed by atoms with Crippen molar-refractivity contribution < 1.29 is 4.74 Å². The van der Waals surface area contributed by atoms with E-state index in [-0.39, 0.29) is 0 Å². The number of pyridine rings is 1. The molecular weight excluding hydrogens is 342 g/mol. The molecule has 4 rings (SSSR count). The molecule has 4 heterocycles. The molecule has 3 aromatic heterocycles. The Morgan fingerprint density at radius 1 is 1.22 bits per heavy atom. The van der Waals surface area contributed by atoms with Crippen molar-refractivity contribution in [1.82, 2.24) is 29.6 Å². The van der Waals surface area contributed by atoms with Gasteiger partial charge in [0.2, 0.25) is 0 Å². The number of morpholine rings is 1. The van der Waals surface area contributed by atoms with Crippen molar-refractivity contribution in [2.75, 3.05) is 44.8 Å². The number of anilines is 1. The average molecular weight is 367 g/mol. The van der Waals surface area contributed by atoms with Crippen molar-refractivity contribution in [3.05, 3.63) is 30.7 Å². The zero-order valence-corrected chi connectivity index (χ0v) is 16.0. The lowest BCUT2D eigenvalue weighted by Gasteiger charge is -2.34. The molecular formula is C19H25N7O. The third kappa shape index (κ3) is 3.63. The number of hydrogen-bond acceptors (Lipinski definition) is 7. The first-order valence-electron chi connectivity index (χ1n) is 9.26. The van der Waals surface area contributed by atoms with Crippen LogP contribution in [-0.2, 0) is 11.8 Å². The largest absolute Gasteiger partial charge is 0.379 e. The number of nitrogens with zero attached hydrogens (tertiary/aromatic N) is 7. The van der Waals surface area contributed by atoms with Crippen LogP contribution in [0.3, 0.4) is 0 Å². The summed E-state index contributed by atoms with van der Waals surface area (Å²) in [4.78, 5) is 18.4. The van der Waals surface area contributed by atoms with Gasteiger partial charge in [-0.25, -0.2) is 9.97 Å². The maximum Gasteiger partial charge on any atom is 0.165 e. The van der Waals surface area contributed by atoms with Crippen LogP contribution in [0.5, 0.6) is 0 Å². The maximum absolute atomic E-state index is 5.47. The van der Waals surface area contributed by atoms with Crippen LogP contribution in [0, 0.1) is 0 Å². The maximum atomic E-state index is 5.47. The smallest absolute Gasteiger partial charge is 0.165 e. The predicted octanol–water partition coefficient (Wildman–Crippen LogP) is 1.58. The van der Waals surface area contributed by atoms with E-state index in [4.69, 9.17) is 14.7 Å². The minimum absolute atomic E-state index is 0.405. The second kappa shape index (κ2) is 7.58. The second-order valence-corrected chi connectivity index (χ2v) is 7.00. The summed E-state index contributed by atoms with van der Waals surface area (Å²) in [5.74, 6) is 1.56. The van der Waals surface area contributed by atoms with E-state index < -0.39 is 0 Å². The first kappa shape index (κ1) is 17.8. The zero-order valence-electron chi connectivity index (χ0n) is 16.0. The second-order valence-electron chi connectivity index (χ2n) is 7.00. The standard InChI is InChI=1S/C19H25N7O/c1-14(26-7-9-27-10-8-26)13-24(2)18-16-12-21-25(3)19(16)23-17(22-18)15-5-4-6-20-11-15/h4-6,11-12,14H,7-10,13H2,1-3H3/t14-/m1/s1. The van der Waals surface area contributed by atoms with Gasteiger partial charge in [-0.05, 0) is 19.1 Å². The van der Waals surface area contributed by atoms with Gasteiger partial charge in [-0.15, -0.1) is 0 Å². The van der Waals surface area contributed by atoms with Crippen molar-refractivity contribution in [3.8, 4) is 11.4 Å². The van der Waals surface area contributed by atoms with Gasteiger partial charge in [-0.2, -0.15) is 5.10 Å². The van der Waals surface area contributed by atoms with E-state index in [2.05, 4.69) is 33.9 Å². The normalized spacial score (nSPS) is 16.6. The van der Waals surface area contributed by atoms with E-state index in [0.29, 0.717) is 11.9 Å². The molecule has 1 aliphatic rings. The Hall–Kier alpha value is -2.58. The van der Waals surface area contributed by atoms with Crippen LogP contribution >= 0.6 is 0 Å². The molecule has 0 bridgehead atoms. The molecule has 0 amide bonds. The van der Waals surface area contributed by atoms with Gasteiger partial charge in [-0.3, -0.25) is 14.6 Å². The third-order valence-corrected chi connectivity index (χ3v) is 5.06. The Morgan fingerprint density at radius 2 is 2.04 bits per heavy atom. The molecule has 0 N–H and O–H groups in total. The molecule has 8 heteroatoms.